The third-order valence-corrected chi connectivity index (χ3v) is 2.96. The van der Waals surface area contributed by atoms with Gasteiger partial charge < -0.3 is 4.42 Å². The van der Waals surface area contributed by atoms with Crippen LogP contribution in [-0.4, -0.2) is 4.98 Å². The molecule has 2 aromatic heterocycles. The van der Waals surface area contributed by atoms with Gasteiger partial charge in [0.15, 0.2) is 5.58 Å². The topological polar surface area (TPSA) is 26.0 Å². The maximum atomic E-state index is 5.51. The van der Waals surface area contributed by atoms with Crippen LogP contribution >= 0.6 is 0 Å². The summed E-state index contributed by atoms with van der Waals surface area (Å²) in [5.74, 6) is 0. The van der Waals surface area contributed by atoms with Crippen molar-refractivity contribution in [2.75, 3.05) is 0 Å². The highest BCUT2D eigenvalue weighted by Crippen LogP contribution is 2.26. The average Bonchev–Trinajstić information content (AvgIpc) is 2.73. The quantitative estimate of drug-likeness (QED) is 0.772. The highest BCUT2D eigenvalue weighted by Gasteiger charge is 2.12. The summed E-state index contributed by atoms with van der Waals surface area (Å²) < 4.78 is 5.51. The van der Waals surface area contributed by atoms with Crippen LogP contribution in [-0.2, 0) is 12.8 Å². The van der Waals surface area contributed by atoms with Crippen LogP contribution in [0.15, 0.2) is 16.7 Å². The van der Waals surface area contributed by atoms with E-state index in [0.29, 0.717) is 0 Å². The lowest BCUT2D eigenvalue weighted by Crippen LogP contribution is -2.00. The molecule has 86 valence electrons. The first-order valence-electron chi connectivity index (χ1n) is 6.13. The fourth-order valence-electron chi connectivity index (χ4n) is 2.28. The molecule has 0 atom stereocenters. The third-order valence-electron chi connectivity index (χ3n) is 2.96. The SMILES string of the molecule is CCCc1nc(C)c2occc2c1CCC. The number of hydrogen-bond donors (Lipinski definition) is 0. The first-order chi connectivity index (χ1) is 7.77. The monoisotopic (exact) mass is 217 g/mol. The van der Waals surface area contributed by atoms with Crippen molar-refractivity contribution in [3.63, 3.8) is 0 Å². The minimum Gasteiger partial charge on any atom is -0.462 e. The summed E-state index contributed by atoms with van der Waals surface area (Å²) in [5.41, 5.74) is 4.63. The van der Waals surface area contributed by atoms with Crippen molar-refractivity contribution in [2.45, 2.75) is 46.5 Å². The van der Waals surface area contributed by atoms with E-state index in [0.717, 1.165) is 37.0 Å². The van der Waals surface area contributed by atoms with Crippen molar-refractivity contribution >= 4 is 11.0 Å². The molecule has 2 aromatic rings. The molecular formula is C14H19NO. The maximum absolute atomic E-state index is 5.51. The number of fused-ring (bicyclic) bond motifs is 1. The molecule has 0 aliphatic rings. The molecule has 16 heavy (non-hydrogen) atoms. The van der Waals surface area contributed by atoms with Crippen molar-refractivity contribution in [1.29, 1.82) is 0 Å². The summed E-state index contributed by atoms with van der Waals surface area (Å²) in [4.78, 5) is 4.69. The van der Waals surface area contributed by atoms with Crippen LogP contribution < -0.4 is 0 Å². The van der Waals surface area contributed by atoms with Gasteiger partial charge in [-0.1, -0.05) is 26.7 Å². The van der Waals surface area contributed by atoms with Crippen LogP contribution in [0.1, 0.15) is 43.6 Å². The van der Waals surface area contributed by atoms with Gasteiger partial charge in [-0.25, -0.2) is 0 Å². The predicted octanol–water partition coefficient (Wildman–Crippen LogP) is 4.04. The molecule has 0 fully saturated rings. The zero-order chi connectivity index (χ0) is 11.5. The summed E-state index contributed by atoms with van der Waals surface area (Å²) in [6.45, 7) is 6.44. The summed E-state index contributed by atoms with van der Waals surface area (Å²) >= 11 is 0. The standard InChI is InChI=1S/C14H19NO/c1-4-6-11-12-8-9-16-14(12)10(3)15-13(11)7-5-2/h8-9H,4-7H2,1-3H3. The Morgan fingerprint density at radius 3 is 2.62 bits per heavy atom. The average molecular weight is 217 g/mol. The van der Waals surface area contributed by atoms with Crippen molar-refractivity contribution in [3.8, 4) is 0 Å². The van der Waals surface area contributed by atoms with Crippen LogP contribution in [0.2, 0.25) is 0 Å². The molecule has 2 nitrogen and oxygen atoms in total. The summed E-state index contributed by atoms with van der Waals surface area (Å²) in [5, 5.41) is 1.26. The lowest BCUT2D eigenvalue weighted by Gasteiger charge is -2.09. The number of aryl methyl sites for hydroxylation is 3. The van der Waals surface area contributed by atoms with Gasteiger partial charge in [-0.3, -0.25) is 4.98 Å². The maximum Gasteiger partial charge on any atom is 0.155 e. The molecule has 0 spiro atoms. The van der Waals surface area contributed by atoms with E-state index in [2.05, 4.69) is 24.9 Å². The van der Waals surface area contributed by atoms with E-state index in [1.165, 1.54) is 16.6 Å². The summed E-state index contributed by atoms with van der Waals surface area (Å²) in [7, 11) is 0. The van der Waals surface area contributed by atoms with E-state index < -0.39 is 0 Å². The summed E-state index contributed by atoms with van der Waals surface area (Å²) in [6, 6.07) is 2.08. The van der Waals surface area contributed by atoms with E-state index in [1.54, 1.807) is 6.26 Å². The Balaban J connectivity index is 2.62. The van der Waals surface area contributed by atoms with Crippen molar-refractivity contribution in [2.24, 2.45) is 0 Å². The Labute approximate surface area is 96.7 Å². The van der Waals surface area contributed by atoms with Gasteiger partial charge in [-0.05, 0) is 31.4 Å². The van der Waals surface area contributed by atoms with Gasteiger partial charge in [-0.15, -0.1) is 0 Å². The Morgan fingerprint density at radius 1 is 1.19 bits per heavy atom. The molecule has 0 radical (unpaired) electrons. The molecule has 0 N–H and O–H groups in total. The fourth-order valence-corrected chi connectivity index (χ4v) is 2.28. The lowest BCUT2D eigenvalue weighted by molar-refractivity contribution is 0.609. The molecule has 2 rings (SSSR count). The largest absolute Gasteiger partial charge is 0.462 e. The minimum atomic E-state index is 0.961. The Morgan fingerprint density at radius 2 is 1.94 bits per heavy atom. The minimum absolute atomic E-state index is 0.961. The number of nitrogens with zero attached hydrogens (tertiary/aromatic N) is 1. The molecule has 0 amide bonds. The molecule has 0 saturated heterocycles. The number of aromatic nitrogens is 1. The molecule has 0 aliphatic heterocycles. The van der Waals surface area contributed by atoms with E-state index in [1.807, 2.05) is 6.92 Å². The molecule has 2 heteroatoms. The predicted molar refractivity (Wildman–Crippen MR) is 66.7 cm³/mol. The number of rotatable bonds is 4. The molecular weight excluding hydrogens is 198 g/mol. The van der Waals surface area contributed by atoms with Crippen LogP contribution in [0.5, 0.6) is 0 Å². The van der Waals surface area contributed by atoms with Gasteiger partial charge >= 0.3 is 0 Å². The van der Waals surface area contributed by atoms with E-state index in [4.69, 9.17) is 4.42 Å². The second kappa shape index (κ2) is 4.69. The fraction of sp³-hybridized carbons (Fsp3) is 0.500. The third kappa shape index (κ3) is 1.84. The molecule has 2 heterocycles. The van der Waals surface area contributed by atoms with E-state index in [9.17, 15) is 0 Å². The molecule has 0 aromatic carbocycles. The van der Waals surface area contributed by atoms with Crippen LogP contribution in [0.3, 0.4) is 0 Å². The Bertz CT molecular complexity index is 485. The zero-order valence-corrected chi connectivity index (χ0v) is 10.3. The highest BCUT2D eigenvalue weighted by atomic mass is 16.3. The van der Waals surface area contributed by atoms with Crippen LogP contribution in [0, 0.1) is 6.92 Å². The molecule has 0 bridgehead atoms. The zero-order valence-electron chi connectivity index (χ0n) is 10.3. The second-order valence-electron chi connectivity index (χ2n) is 4.29. The van der Waals surface area contributed by atoms with Crippen LogP contribution in [0.4, 0.5) is 0 Å². The van der Waals surface area contributed by atoms with Gasteiger partial charge in [0.1, 0.15) is 0 Å². The van der Waals surface area contributed by atoms with Crippen LogP contribution in [0.25, 0.3) is 11.0 Å². The molecule has 0 unspecified atom stereocenters. The lowest BCUT2D eigenvalue weighted by atomic mass is 10.0. The highest BCUT2D eigenvalue weighted by molar-refractivity contribution is 5.83. The van der Waals surface area contributed by atoms with Crippen molar-refractivity contribution in [3.05, 3.63) is 29.3 Å². The first-order valence-corrected chi connectivity index (χ1v) is 6.13. The summed E-state index contributed by atoms with van der Waals surface area (Å²) in [6.07, 6.45) is 6.23. The number of hydrogen-bond acceptors (Lipinski definition) is 2. The van der Waals surface area contributed by atoms with Crippen molar-refractivity contribution in [1.82, 2.24) is 4.98 Å². The van der Waals surface area contributed by atoms with Gasteiger partial charge in [0.25, 0.3) is 0 Å². The number of pyridine rings is 1. The van der Waals surface area contributed by atoms with Gasteiger partial charge in [0.2, 0.25) is 0 Å². The second-order valence-corrected chi connectivity index (χ2v) is 4.29. The van der Waals surface area contributed by atoms with E-state index >= 15 is 0 Å². The van der Waals surface area contributed by atoms with Gasteiger partial charge in [-0.2, -0.15) is 0 Å². The first kappa shape index (κ1) is 11.2. The number of furan rings is 1. The smallest absolute Gasteiger partial charge is 0.155 e. The Hall–Kier alpha value is -1.31. The normalized spacial score (nSPS) is 11.2. The van der Waals surface area contributed by atoms with Gasteiger partial charge in [0, 0.05) is 11.1 Å². The molecule has 0 aliphatic carbocycles. The Kier molecular flexibility index (Phi) is 3.28. The van der Waals surface area contributed by atoms with Gasteiger partial charge in [0.05, 0.1) is 12.0 Å². The van der Waals surface area contributed by atoms with E-state index in [-0.39, 0.29) is 0 Å². The molecule has 0 saturated carbocycles. The van der Waals surface area contributed by atoms with Crippen molar-refractivity contribution < 1.29 is 4.42 Å².